The Morgan fingerprint density at radius 3 is 2.41 bits per heavy atom. The molecule has 2 heterocycles. The zero-order chi connectivity index (χ0) is 40.3. The summed E-state index contributed by atoms with van der Waals surface area (Å²) in [5, 5.41) is 2.62. The molecule has 12 rings (SSSR count). The van der Waals surface area contributed by atoms with Crippen LogP contribution in [-0.2, 0) is 12.8 Å². The van der Waals surface area contributed by atoms with Crippen LogP contribution in [0, 0.1) is 11.8 Å². The van der Waals surface area contributed by atoms with Crippen LogP contribution in [0.15, 0.2) is 180 Å². The lowest BCUT2D eigenvalue weighted by Crippen LogP contribution is -2.34. The van der Waals surface area contributed by atoms with E-state index >= 15 is 0 Å². The molecule has 302 valence electrons. The first-order valence-electron chi connectivity index (χ1n) is 23.0. The summed E-state index contributed by atoms with van der Waals surface area (Å²) in [7, 11) is 0. The normalized spacial score (nSPS) is 28.0. The Morgan fingerprint density at radius 1 is 0.607 bits per heavy atom. The molecule has 9 aliphatic rings. The predicted octanol–water partition coefficient (Wildman–Crippen LogP) is 15.2. The van der Waals surface area contributed by atoms with Gasteiger partial charge in [-0.1, -0.05) is 152 Å². The third kappa shape index (κ3) is 6.66. The highest BCUT2D eigenvalue weighted by Crippen LogP contribution is 2.52. The molecule has 0 amide bonds. The van der Waals surface area contributed by atoms with Gasteiger partial charge in [-0.3, -0.25) is 0 Å². The highest BCUT2D eigenvalue weighted by Gasteiger charge is 2.41. The number of fused-ring (bicyclic) bond motifs is 7. The molecule has 2 aromatic carbocycles. The lowest BCUT2D eigenvalue weighted by molar-refractivity contribution is 0.690. The summed E-state index contributed by atoms with van der Waals surface area (Å²) in [6, 6.07) is 12.2. The molecule has 8 aliphatic carbocycles. The van der Waals surface area contributed by atoms with Crippen molar-refractivity contribution in [3.05, 3.63) is 213 Å². The van der Waals surface area contributed by atoms with Crippen LogP contribution in [0.4, 0.5) is 5.69 Å². The van der Waals surface area contributed by atoms with Crippen LogP contribution in [0.2, 0.25) is 0 Å². The summed E-state index contributed by atoms with van der Waals surface area (Å²) in [5.41, 5.74) is 17.6. The van der Waals surface area contributed by atoms with Gasteiger partial charge in [0.05, 0.1) is 16.4 Å². The number of rotatable bonds is 7. The smallest absolute Gasteiger partial charge is 0.0597 e. The number of allylic oxidation sites excluding steroid dienone is 22. The van der Waals surface area contributed by atoms with E-state index in [1.807, 2.05) is 11.3 Å². The molecule has 0 spiro atoms. The molecule has 3 aromatic rings. The van der Waals surface area contributed by atoms with Crippen molar-refractivity contribution in [2.24, 2.45) is 11.8 Å². The Bertz CT molecular complexity index is 2770. The zero-order valence-corrected chi connectivity index (χ0v) is 36.5. The Kier molecular flexibility index (Phi) is 9.87. The molecule has 1 aromatic heterocycles. The summed E-state index contributed by atoms with van der Waals surface area (Å²) in [4.78, 5) is 4.19. The molecule has 1 fully saturated rings. The second-order valence-electron chi connectivity index (χ2n) is 18.0. The SMILES string of the molecule is C1=CCC(c2ccc(C3=CCC(N(C4=CCC(C5=C6C(CC=C5)SC5C=CC=CC65)C=C4)c4cccc5c6c(sc45)C(C4=CCCC=C4)=CCC6)C=C3)c3c2C=CCC3)C=C1. The molecule has 0 radical (unpaired) electrons. The maximum Gasteiger partial charge on any atom is 0.0597 e. The monoisotopic (exact) mass is 827 g/mol. The quantitative estimate of drug-likeness (QED) is 0.233. The minimum absolute atomic E-state index is 0.209. The van der Waals surface area contributed by atoms with Gasteiger partial charge in [-0.25, -0.2) is 0 Å². The topological polar surface area (TPSA) is 3.24 Å². The van der Waals surface area contributed by atoms with Crippen LogP contribution < -0.4 is 4.90 Å². The fourth-order valence-corrected chi connectivity index (χ4v) is 14.7. The maximum atomic E-state index is 2.71. The van der Waals surface area contributed by atoms with E-state index < -0.39 is 0 Å². The predicted molar refractivity (Wildman–Crippen MR) is 265 cm³/mol. The zero-order valence-electron chi connectivity index (χ0n) is 34.9. The van der Waals surface area contributed by atoms with E-state index in [0.717, 1.165) is 64.2 Å². The van der Waals surface area contributed by atoms with Gasteiger partial charge in [0.2, 0.25) is 0 Å². The minimum atomic E-state index is 0.209. The number of thiophene rings is 1. The van der Waals surface area contributed by atoms with E-state index in [-0.39, 0.29) is 6.04 Å². The third-order valence-corrected chi connectivity index (χ3v) is 17.4. The number of hydrogen-bond acceptors (Lipinski definition) is 3. The summed E-state index contributed by atoms with van der Waals surface area (Å²) in [6.07, 6.45) is 64.0. The van der Waals surface area contributed by atoms with Gasteiger partial charge in [0.25, 0.3) is 0 Å². The van der Waals surface area contributed by atoms with E-state index in [4.69, 9.17) is 0 Å². The van der Waals surface area contributed by atoms with Crippen LogP contribution in [0.1, 0.15) is 90.0 Å². The van der Waals surface area contributed by atoms with Gasteiger partial charge in [-0.2, -0.15) is 0 Å². The minimum Gasteiger partial charge on any atom is -0.333 e. The van der Waals surface area contributed by atoms with Gasteiger partial charge < -0.3 is 4.90 Å². The van der Waals surface area contributed by atoms with Crippen LogP contribution in [0.5, 0.6) is 0 Å². The molecular weight excluding hydrogens is 775 g/mol. The van der Waals surface area contributed by atoms with Crippen LogP contribution in [0.25, 0.3) is 27.3 Å². The first-order valence-corrected chi connectivity index (χ1v) is 24.8. The van der Waals surface area contributed by atoms with Crippen molar-refractivity contribution in [1.29, 1.82) is 0 Å². The van der Waals surface area contributed by atoms with Gasteiger partial charge in [-0.05, 0) is 137 Å². The number of anilines is 1. The van der Waals surface area contributed by atoms with Gasteiger partial charge in [0.1, 0.15) is 0 Å². The van der Waals surface area contributed by atoms with Crippen molar-refractivity contribution in [3.63, 3.8) is 0 Å². The molecule has 0 bridgehead atoms. The van der Waals surface area contributed by atoms with Crippen molar-refractivity contribution in [2.75, 3.05) is 4.90 Å². The van der Waals surface area contributed by atoms with Crippen molar-refractivity contribution in [1.82, 2.24) is 0 Å². The standard InChI is InChI=1S/C58H53NS2/c1-3-14-38(15-4-1)44-36-37-45(49-19-8-7-18-48(44)49)40-28-32-42(33-29-40)59(43-34-30-41(31-35-43)46-21-13-27-55-56(46)52-20-9-10-26-54(52)60-55)53-25-12-24-51-50-23-11-22-47(57(50)61-58(51)53)39-16-5-2-6-17-39/h1,3-5,7,9-10,12-14,16-18,20-22,24-26,28-30,32,34-38,41-42,52,54-55H,2,6,8,11,15,19,23,27,31,33H2. The molecule has 1 saturated heterocycles. The molecule has 1 aliphatic heterocycles. The summed E-state index contributed by atoms with van der Waals surface area (Å²) < 4.78 is 1.43. The van der Waals surface area contributed by atoms with E-state index in [1.165, 1.54) is 65.3 Å². The Labute approximate surface area is 370 Å². The molecule has 6 unspecified atom stereocenters. The number of aryl methyl sites for hydroxylation is 1. The van der Waals surface area contributed by atoms with Crippen molar-refractivity contribution < 1.29 is 0 Å². The summed E-state index contributed by atoms with van der Waals surface area (Å²) >= 11 is 4.21. The van der Waals surface area contributed by atoms with Crippen LogP contribution in [0.3, 0.4) is 0 Å². The Hall–Kier alpha value is -5.09. The van der Waals surface area contributed by atoms with Gasteiger partial charge >= 0.3 is 0 Å². The third-order valence-electron chi connectivity index (χ3n) is 14.5. The largest absolute Gasteiger partial charge is 0.333 e. The number of nitrogens with zero attached hydrogens (tertiary/aromatic N) is 1. The second-order valence-corrected chi connectivity index (χ2v) is 20.4. The molecular formula is C58H53NS2. The Balaban J connectivity index is 0.913. The van der Waals surface area contributed by atoms with Crippen LogP contribution >= 0.6 is 23.1 Å². The highest BCUT2D eigenvalue weighted by atomic mass is 32.2. The fraction of sp³-hybridized carbons (Fsp3) is 0.276. The lowest BCUT2D eigenvalue weighted by Gasteiger charge is -2.36. The van der Waals surface area contributed by atoms with Crippen molar-refractivity contribution >= 4 is 56.1 Å². The molecule has 3 heteroatoms. The number of thioether (sulfide) groups is 1. The second kappa shape index (κ2) is 16.0. The highest BCUT2D eigenvalue weighted by molar-refractivity contribution is 8.01. The van der Waals surface area contributed by atoms with Gasteiger partial charge in [-0.15, -0.1) is 23.1 Å². The van der Waals surface area contributed by atoms with Crippen molar-refractivity contribution in [2.45, 2.75) is 86.7 Å². The Morgan fingerprint density at radius 2 is 1.54 bits per heavy atom. The molecule has 0 N–H and O–H groups in total. The van der Waals surface area contributed by atoms with Crippen molar-refractivity contribution in [3.8, 4) is 0 Å². The fourth-order valence-electron chi connectivity index (χ4n) is 11.6. The van der Waals surface area contributed by atoms with E-state index in [1.54, 1.807) is 16.7 Å². The average molecular weight is 828 g/mol. The molecule has 6 atom stereocenters. The lowest BCUT2D eigenvalue weighted by atomic mass is 9.78. The number of benzene rings is 2. The van der Waals surface area contributed by atoms with E-state index in [0.29, 0.717) is 28.3 Å². The average Bonchev–Trinajstić information content (AvgIpc) is 3.92. The number of hydrogen-bond donors (Lipinski definition) is 0. The van der Waals surface area contributed by atoms with Gasteiger partial charge in [0, 0.05) is 38.8 Å². The maximum absolute atomic E-state index is 2.71. The summed E-state index contributed by atoms with van der Waals surface area (Å²) in [6.45, 7) is 0. The molecule has 0 saturated carbocycles. The molecule has 61 heavy (non-hydrogen) atoms. The van der Waals surface area contributed by atoms with Crippen LogP contribution in [-0.4, -0.2) is 16.5 Å². The first kappa shape index (κ1) is 37.7. The van der Waals surface area contributed by atoms with Gasteiger partial charge in [0.15, 0.2) is 0 Å². The first-order chi connectivity index (χ1) is 30.3. The summed E-state index contributed by atoms with van der Waals surface area (Å²) in [5.74, 6) is 1.39. The molecule has 1 nitrogen and oxygen atoms in total. The van der Waals surface area contributed by atoms with E-state index in [9.17, 15) is 0 Å². The van der Waals surface area contributed by atoms with E-state index in [2.05, 4.69) is 181 Å².